The molecule has 0 aromatic heterocycles. The average Bonchev–Trinajstić information content (AvgIpc) is 3.63. The minimum Gasteiger partial charge on any atom is -0.497 e. The van der Waals surface area contributed by atoms with Crippen LogP contribution in [0.1, 0.15) is 43.7 Å². The van der Waals surface area contributed by atoms with Crippen LogP contribution in [0.5, 0.6) is 11.5 Å². The van der Waals surface area contributed by atoms with Crippen molar-refractivity contribution in [1.82, 2.24) is 10.2 Å². The number of anilines is 1. The van der Waals surface area contributed by atoms with Crippen LogP contribution in [0.15, 0.2) is 114 Å². The average molecular weight is 670 g/mol. The van der Waals surface area contributed by atoms with Gasteiger partial charge in [-0.1, -0.05) is 73.5 Å². The number of carbonyl (C=O) groups is 2. The number of carbonyl (C=O) groups excluding carboxylic acids is 2. The number of methoxy groups -OCH3 is 1. The van der Waals surface area contributed by atoms with E-state index in [4.69, 9.17) is 9.47 Å². The van der Waals surface area contributed by atoms with Crippen molar-refractivity contribution < 1.29 is 27.5 Å². The van der Waals surface area contributed by atoms with Gasteiger partial charge in [-0.25, -0.2) is 8.42 Å². The van der Waals surface area contributed by atoms with Crippen LogP contribution < -0.4 is 19.1 Å². The topological polar surface area (TPSA) is 105 Å². The first-order valence-corrected chi connectivity index (χ1v) is 17.8. The Bertz CT molecular complexity index is 1740. The van der Waals surface area contributed by atoms with Gasteiger partial charge in [0.15, 0.2) is 0 Å². The maximum Gasteiger partial charge on any atom is 0.264 e. The molecule has 1 aliphatic rings. The molecule has 4 aromatic carbocycles. The number of amides is 2. The van der Waals surface area contributed by atoms with Crippen molar-refractivity contribution in [3.63, 3.8) is 0 Å². The first kappa shape index (κ1) is 34.5. The Hall–Kier alpha value is -4.83. The van der Waals surface area contributed by atoms with Gasteiger partial charge < -0.3 is 19.7 Å². The van der Waals surface area contributed by atoms with Gasteiger partial charge in [-0.3, -0.25) is 13.9 Å². The summed E-state index contributed by atoms with van der Waals surface area (Å²) in [7, 11) is -2.62. The molecule has 0 bridgehead atoms. The SMILES string of the molecule is CCOc1ccc(N(CC(=O)N(Cc2cccc(OC)c2)[C@@H](Cc2ccccc2)C(=O)NC2CCCC2)S(=O)(=O)c2ccccc2)cc1. The van der Waals surface area contributed by atoms with Crippen LogP contribution in [0, 0.1) is 0 Å². The number of nitrogens with one attached hydrogen (secondary N) is 1. The van der Waals surface area contributed by atoms with Crippen molar-refractivity contribution in [3.8, 4) is 11.5 Å². The summed E-state index contributed by atoms with van der Waals surface area (Å²) in [6, 6.07) is 30.6. The molecule has 4 aromatic rings. The summed E-state index contributed by atoms with van der Waals surface area (Å²) in [6.45, 7) is 1.85. The fourth-order valence-corrected chi connectivity index (χ4v) is 7.45. The predicted octanol–water partition coefficient (Wildman–Crippen LogP) is 5.99. The van der Waals surface area contributed by atoms with Crippen LogP contribution in [0.4, 0.5) is 5.69 Å². The van der Waals surface area contributed by atoms with Crippen molar-refractivity contribution in [2.45, 2.75) is 62.6 Å². The van der Waals surface area contributed by atoms with E-state index in [0.717, 1.165) is 41.1 Å². The lowest BCUT2D eigenvalue weighted by Crippen LogP contribution is -2.54. The van der Waals surface area contributed by atoms with E-state index in [2.05, 4.69) is 5.32 Å². The van der Waals surface area contributed by atoms with E-state index in [1.807, 2.05) is 61.5 Å². The lowest BCUT2D eigenvalue weighted by Gasteiger charge is -2.34. The number of rotatable bonds is 15. The van der Waals surface area contributed by atoms with Crippen LogP contribution in [0.25, 0.3) is 0 Å². The molecule has 0 heterocycles. The molecule has 9 nitrogen and oxygen atoms in total. The first-order chi connectivity index (χ1) is 23.3. The van der Waals surface area contributed by atoms with Gasteiger partial charge in [0.2, 0.25) is 11.8 Å². The summed E-state index contributed by atoms with van der Waals surface area (Å²) in [5, 5.41) is 3.20. The summed E-state index contributed by atoms with van der Waals surface area (Å²) in [6.07, 6.45) is 4.09. The molecule has 1 N–H and O–H groups in total. The van der Waals surface area contributed by atoms with Gasteiger partial charge in [-0.15, -0.1) is 0 Å². The first-order valence-electron chi connectivity index (χ1n) is 16.4. The van der Waals surface area contributed by atoms with Crippen LogP contribution in [0.3, 0.4) is 0 Å². The molecule has 1 saturated carbocycles. The summed E-state index contributed by atoms with van der Waals surface area (Å²) in [4.78, 5) is 30.4. The number of benzene rings is 4. The zero-order valence-corrected chi connectivity index (χ0v) is 28.3. The highest BCUT2D eigenvalue weighted by molar-refractivity contribution is 7.92. The maximum atomic E-state index is 14.7. The molecule has 0 radical (unpaired) electrons. The quantitative estimate of drug-likeness (QED) is 0.167. The smallest absolute Gasteiger partial charge is 0.264 e. The molecule has 5 rings (SSSR count). The largest absolute Gasteiger partial charge is 0.497 e. The number of ether oxygens (including phenoxy) is 2. The van der Waals surface area contributed by atoms with Gasteiger partial charge in [-0.05, 0) is 79.4 Å². The highest BCUT2D eigenvalue weighted by Crippen LogP contribution is 2.28. The van der Waals surface area contributed by atoms with Crippen molar-refractivity contribution in [2.75, 3.05) is 24.6 Å². The second-order valence-corrected chi connectivity index (χ2v) is 13.7. The van der Waals surface area contributed by atoms with Crippen LogP contribution >= 0.6 is 0 Å². The van der Waals surface area contributed by atoms with Gasteiger partial charge in [0, 0.05) is 19.0 Å². The Morgan fingerprint density at radius 1 is 0.833 bits per heavy atom. The van der Waals surface area contributed by atoms with E-state index < -0.39 is 28.5 Å². The molecule has 0 saturated heterocycles. The summed E-state index contributed by atoms with van der Waals surface area (Å²) >= 11 is 0. The molecule has 1 fully saturated rings. The number of sulfonamides is 1. The summed E-state index contributed by atoms with van der Waals surface area (Å²) in [5.41, 5.74) is 1.92. The Morgan fingerprint density at radius 3 is 2.12 bits per heavy atom. The standard InChI is InChI=1S/C38H43N3O6S/c1-3-47-33-23-21-32(22-24-33)41(48(44,45)35-19-8-5-9-20-35)28-37(42)40(27-30-15-12-18-34(25-30)46-2)36(26-29-13-6-4-7-14-29)38(43)39-31-16-10-11-17-31/h4-9,12-15,18-25,31,36H,3,10-11,16-17,26-28H2,1-2H3,(H,39,43)/t36-/m0/s1. The van der Waals surface area contributed by atoms with Gasteiger partial charge in [0.25, 0.3) is 10.0 Å². The third-order valence-electron chi connectivity index (χ3n) is 8.51. The van der Waals surface area contributed by atoms with Gasteiger partial charge in [0.1, 0.15) is 24.1 Å². The fraction of sp³-hybridized carbons (Fsp3) is 0.316. The molecular weight excluding hydrogens is 627 g/mol. The number of nitrogens with zero attached hydrogens (tertiary/aromatic N) is 2. The monoisotopic (exact) mass is 669 g/mol. The second kappa shape index (κ2) is 16.3. The van der Waals surface area contributed by atoms with Crippen molar-refractivity contribution in [2.24, 2.45) is 0 Å². The third kappa shape index (κ3) is 8.74. The van der Waals surface area contributed by atoms with Gasteiger partial charge in [0.05, 0.1) is 24.3 Å². The van der Waals surface area contributed by atoms with Crippen LogP contribution in [-0.4, -0.2) is 57.5 Å². The Kier molecular flexibility index (Phi) is 11.7. The van der Waals surface area contributed by atoms with Gasteiger partial charge in [-0.2, -0.15) is 0 Å². The Balaban J connectivity index is 1.56. The number of hydrogen-bond donors (Lipinski definition) is 1. The van der Waals surface area contributed by atoms with Crippen LogP contribution in [-0.2, 0) is 32.6 Å². The minimum atomic E-state index is -4.19. The molecule has 1 aliphatic carbocycles. The molecule has 48 heavy (non-hydrogen) atoms. The zero-order chi connectivity index (χ0) is 33.9. The van der Waals surface area contributed by atoms with Crippen LogP contribution in [0.2, 0.25) is 0 Å². The van der Waals surface area contributed by atoms with Crippen molar-refractivity contribution in [1.29, 1.82) is 0 Å². The van der Waals surface area contributed by atoms with E-state index in [9.17, 15) is 18.0 Å². The zero-order valence-electron chi connectivity index (χ0n) is 27.5. The van der Waals surface area contributed by atoms with E-state index in [1.165, 1.54) is 17.0 Å². The second-order valence-electron chi connectivity index (χ2n) is 11.8. The third-order valence-corrected chi connectivity index (χ3v) is 10.3. The molecule has 0 unspecified atom stereocenters. The highest BCUT2D eigenvalue weighted by Gasteiger charge is 2.35. The molecule has 2 amide bonds. The van der Waals surface area contributed by atoms with E-state index >= 15 is 0 Å². The minimum absolute atomic E-state index is 0.0309. The van der Waals surface area contributed by atoms with E-state index in [-0.39, 0.29) is 29.8 Å². The lowest BCUT2D eigenvalue weighted by atomic mass is 10.0. The molecule has 252 valence electrons. The van der Waals surface area contributed by atoms with Gasteiger partial charge >= 0.3 is 0 Å². The molecular formula is C38H43N3O6S. The molecule has 0 aliphatic heterocycles. The number of hydrogen-bond acceptors (Lipinski definition) is 6. The molecule has 10 heteroatoms. The highest BCUT2D eigenvalue weighted by atomic mass is 32.2. The predicted molar refractivity (Wildman–Crippen MR) is 186 cm³/mol. The normalized spacial score (nSPS) is 13.8. The Morgan fingerprint density at radius 2 is 1.48 bits per heavy atom. The molecule has 0 spiro atoms. The summed E-state index contributed by atoms with van der Waals surface area (Å²) < 4.78 is 40.5. The maximum absolute atomic E-state index is 14.7. The fourth-order valence-electron chi connectivity index (χ4n) is 6.01. The van der Waals surface area contributed by atoms with Crippen molar-refractivity contribution >= 4 is 27.5 Å². The lowest BCUT2D eigenvalue weighted by molar-refractivity contribution is -0.140. The van der Waals surface area contributed by atoms with E-state index in [0.29, 0.717) is 23.8 Å². The van der Waals surface area contributed by atoms with Crippen molar-refractivity contribution in [3.05, 3.63) is 120 Å². The molecule has 1 atom stereocenters. The summed E-state index contributed by atoms with van der Waals surface area (Å²) in [5.74, 6) is 0.405. The van der Waals surface area contributed by atoms with E-state index in [1.54, 1.807) is 49.6 Å². The Labute approximate surface area is 283 Å².